The molecule has 1 unspecified atom stereocenters. The van der Waals surface area contributed by atoms with Gasteiger partial charge >= 0.3 is 0 Å². The molecule has 1 atom stereocenters. The van der Waals surface area contributed by atoms with E-state index in [0.717, 1.165) is 16.9 Å². The highest BCUT2D eigenvalue weighted by Gasteiger charge is 2.07. The van der Waals surface area contributed by atoms with E-state index >= 15 is 0 Å². The summed E-state index contributed by atoms with van der Waals surface area (Å²) in [7, 11) is 0. The molecular weight excluding hydrogens is 313 g/mol. The third-order valence-corrected chi connectivity index (χ3v) is 2.94. The molecular formula is C13H12INO. The molecule has 0 heterocycles. The lowest BCUT2D eigenvalue weighted by molar-refractivity contribution is 0.287. The molecule has 2 rings (SSSR count). The number of halogens is 1. The van der Waals surface area contributed by atoms with Crippen molar-refractivity contribution in [3.8, 4) is 0 Å². The van der Waals surface area contributed by atoms with Gasteiger partial charge in [0.05, 0.1) is 0 Å². The lowest BCUT2D eigenvalue weighted by atomic mass is 10.2. The number of alkyl halides is 1. The number of rotatable bonds is 3. The number of nitrogens with one attached hydrogen (secondary N) is 1. The molecule has 0 aliphatic heterocycles. The molecule has 0 saturated heterocycles. The van der Waals surface area contributed by atoms with Gasteiger partial charge < -0.3 is 10.4 Å². The minimum atomic E-state index is -0.495. The van der Waals surface area contributed by atoms with Gasteiger partial charge in [-0.3, -0.25) is 0 Å². The Morgan fingerprint density at radius 1 is 0.938 bits per heavy atom. The number of aliphatic hydroxyl groups is 1. The van der Waals surface area contributed by atoms with E-state index in [4.69, 9.17) is 0 Å². The van der Waals surface area contributed by atoms with E-state index in [1.54, 1.807) is 0 Å². The van der Waals surface area contributed by atoms with Gasteiger partial charge in [0.15, 0.2) is 0 Å². The SMILES string of the molecule is OC(I)c1ccccc1Nc1ccccc1. The van der Waals surface area contributed by atoms with E-state index in [0.29, 0.717) is 0 Å². The Kier molecular flexibility index (Phi) is 3.79. The number of aliphatic hydroxyl groups excluding tert-OH is 1. The van der Waals surface area contributed by atoms with Crippen LogP contribution in [-0.2, 0) is 0 Å². The molecule has 0 spiro atoms. The zero-order valence-corrected chi connectivity index (χ0v) is 10.8. The van der Waals surface area contributed by atoms with Crippen molar-refractivity contribution >= 4 is 34.0 Å². The van der Waals surface area contributed by atoms with Crippen LogP contribution in [0, 0.1) is 0 Å². The molecule has 0 saturated carbocycles. The lowest BCUT2D eigenvalue weighted by Gasteiger charge is -2.12. The van der Waals surface area contributed by atoms with E-state index in [9.17, 15) is 5.11 Å². The highest BCUT2D eigenvalue weighted by Crippen LogP contribution is 2.29. The van der Waals surface area contributed by atoms with Crippen molar-refractivity contribution in [3.05, 3.63) is 60.2 Å². The van der Waals surface area contributed by atoms with Crippen LogP contribution < -0.4 is 5.32 Å². The van der Waals surface area contributed by atoms with Crippen LogP contribution in [0.15, 0.2) is 54.6 Å². The molecule has 16 heavy (non-hydrogen) atoms. The summed E-state index contributed by atoms with van der Waals surface area (Å²) in [6.45, 7) is 0. The number of hydrogen-bond donors (Lipinski definition) is 2. The summed E-state index contributed by atoms with van der Waals surface area (Å²) >= 11 is 1.99. The Morgan fingerprint density at radius 3 is 2.25 bits per heavy atom. The second-order valence-electron chi connectivity index (χ2n) is 3.41. The molecule has 2 nitrogen and oxygen atoms in total. The maximum atomic E-state index is 9.63. The fourth-order valence-electron chi connectivity index (χ4n) is 1.50. The van der Waals surface area contributed by atoms with Crippen LogP contribution in [0.3, 0.4) is 0 Å². The summed E-state index contributed by atoms with van der Waals surface area (Å²) in [5.41, 5.74) is 2.86. The molecule has 0 fully saturated rings. The normalized spacial score (nSPS) is 12.1. The number of benzene rings is 2. The van der Waals surface area contributed by atoms with Crippen LogP contribution in [0.25, 0.3) is 0 Å². The average molecular weight is 325 g/mol. The van der Waals surface area contributed by atoms with Gasteiger partial charge in [0.1, 0.15) is 4.11 Å². The van der Waals surface area contributed by atoms with Crippen molar-refractivity contribution in [1.29, 1.82) is 0 Å². The minimum absolute atomic E-state index is 0.495. The van der Waals surface area contributed by atoms with Crippen molar-refractivity contribution in [2.45, 2.75) is 4.11 Å². The van der Waals surface area contributed by atoms with Crippen LogP contribution in [0.4, 0.5) is 11.4 Å². The van der Waals surface area contributed by atoms with E-state index < -0.39 is 4.11 Å². The first-order valence-electron chi connectivity index (χ1n) is 5.00. The molecule has 2 aromatic carbocycles. The van der Waals surface area contributed by atoms with E-state index in [2.05, 4.69) is 5.32 Å². The van der Waals surface area contributed by atoms with E-state index in [1.807, 2.05) is 77.2 Å². The zero-order chi connectivity index (χ0) is 11.4. The maximum absolute atomic E-state index is 9.63. The first kappa shape index (κ1) is 11.4. The fraction of sp³-hybridized carbons (Fsp3) is 0.0769. The molecule has 3 heteroatoms. The van der Waals surface area contributed by atoms with Gasteiger partial charge in [0.25, 0.3) is 0 Å². The Balaban J connectivity index is 2.28. The van der Waals surface area contributed by atoms with Crippen LogP contribution in [0.2, 0.25) is 0 Å². The highest BCUT2D eigenvalue weighted by atomic mass is 127. The Morgan fingerprint density at radius 2 is 1.56 bits per heavy atom. The summed E-state index contributed by atoms with van der Waals surface area (Å²) < 4.78 is -0.495. The third kappa shape index (κ3) is 2.74. The molecule has 0 amide bonds. The molecule has 2 N–H and O–H groups in total. The summed E-state index contributed by atoms with van der Waals surface area (Å²) in [6.07, 6.45) is 0. The monoisotopic (exact) mass is 325 g/mol. The van der Waals surface area contributed by atoms with Gasteiger partial charge in [0, 0.05) is 16.9 Å². The molecule has 2 aromatic rings. The van der Waals surface area contributed by atoms with Gasteiger partial charge in [-0.15, -0.1) is 0 Å². The standard InChI is InChI=1S/C13H12INO/c14-13(16)11-8-4-5-9-12(11)15-10-6-2-1-3-7-10/h1-9,13,15-16H. The maximum Gasteiger partial charge on any atom is 0.132 e. The van der Waals surface area contributed by atoms with Gasteiger partial charge in [0.2, 0.25) is 0 Å². The van der Waals surface area contributed by atoms with Crippen LogP contribution in [0.5, 0.6) is 0 Å². The topological polar surface area (TPSA) is 32.3 Å². The van der Waals surface area contributed by atoms with Gasteiger partial charge in [-0.1, -0.05) is 36.4 Å². The van der Waals surface area contributed by atoms with Crippen LogP contribution in [-0.4, -0.2) is 5.11 Å². The first-order valence-corrected chi connectivity index (χ1v) is 6.25. The third-order valence-electron chi connectivity index (χ3n) is 2.27. The lowest BCUT2D eigenvalue weighted by Crippen LogP contribution is -1.97. The zero-order valence-electron chi connectivity index (χ0n) is 8.60. The summed E-state index contributed by atoms with van der Waals surface area (Å²) in [5, 5.41) is 12.9. The highest BCUT2D eigenvalue weighted by molar-refractivity contribution is 14.1. The minimum Gasteiger partial charge on any atom is -0.378 e. The van der Waals surface area contributed by atoms with Crippen molar-refractivity contribution in [2.24, 2.45) is 0 Å². The molecule has 0 radical (unpaired) electrons. The van der Waals surface area contributed by atoms with Gasteiger partial charge in [-0.05, 0) is 40.8 Å². The van der Waals surface area contributed by atoms with Gasteiger partial charge in [-0.2, -0.15) is 0 Å². The van der Waals surface area contributed by atoms with Crippen molar-refractivity contribution in [3.63, 3.8) is 0 Å². The predicted octanol–water partition coefficient (Wildman–Crippen LogP) is 3.86. The second kappa shape index (κ2) is 5.32. The largest absolute Gasteiger partial charge is 0.378 e. The van der Waals surface area contributed by atoms with Crippen molar-refractivity contribution in [1.82, 2.24) is 0 Å². The van der Waals surface area contributed by atoms with Gasteiger partial charge in [-0.25, -0.2) is 0 Å². The summed E-state index contributed by atoms with van der Waals surface area (Å²) in [4.78, 5) is 0. The first-order chi connectivity index (χ1) is 7.77. The quantitative estimate of drug-likeness (QED) is 0.663. The Bertz CT molecular complexity index is 456. The van der Waals surface area contributed by atoms with Crippen LogP contribution >= 0.6 is 22.6 Å². The van der Waals surface area contributed by atoms with Crippen LogP contribution in [0.1, 0.15) is 9.67 Å². The number of hydrogen-bond acceptors (Lipinski definition) is 2. The number of anilines is 2. The summed E-state index contributed by atoms with van der Waals surface area (Å²) in [5.74, 6) is 0. The molecule has 0 aliphatic rings. The molecule has 0 bridgehead atoms. The summed E-state index contributed by atoms with van der Waals surface area (Å²) in [6, 6.07) is 17.7. The molecule has 82 valence electrons. The fourth-order valence-corrected chi connectivity index (χ4v) is 2.04. The van der Waals surface area contributed by atoms with E-state index in [1.165, 1.54) is 0 Å². The predicted molar refractivity (Wildman–Crippen MR) is 75.1 cm³/mol. The molecule has 0 aromatic heterocycles. The van der Waals surface area contributed by atoms with Crippen molar-refractivity contribution < 1.29 is 5.11 Å². The Labute approximate surface area is 108 Å². The second-order valence-corrected chi connectivity index (χ2v) is 4.59. The van der Waals surface area contributed by atoms with E-state index in [-0.39, 0.29) is 0 Å². The molecule has 0 aliphatic carbocycles. The number of para-hydroxylation sites is 2. The Hall–Kier alpha value is -1.07. The smallest absolute Gasteiger partial charge is 0.132 e. The van der Waals surface area contributed by atoms with Crippen molar-refractivity contribution in [2.75, 3.05) is 5.32 Å². The average Bonchev–Trinajstić information content (AvgIpc) is 2.31.